The molecule has 168 valence electrons. The van der Waals surface area contributed by atoms with E-state index in [0.29, 0.717) is 35.3 Å². The molecule has 0 radical (unpaired) electrons. The van der Waals surface area contributed by atoms with Crippen molar-refractivity contribution < 1.29 is 23.9 Å². The maximum atomic E-state index is 12.4. The third kappa shape index (κ3) is 5.38. The average Bonchev–Trinajstić information content (AvgIpc) is 3.10. The smallest absolute Gasteiger partial charge is 0.363 e. The Balaban J connectivity index is 1.96. The van der Waals surface area contributed by atoms with Gasteiger partial charge < -0.3 is 14.2 Å². The summed E-state index contributed by atoms with van der Waals surface area (Å²) in [6.45, 7) is 4.79. The number of carbonyl (C=O) groups excluding carboxylic acids is 1. The number of aliphatic imine (C=N–C) groups is 1. The molecule has 1 aliphatic rings. The van der Waals surface area contributed by atoms with Crippen LogP contribution in [0.1, 0.15) is 37.8 Å². The number of halogens is 2. The average molecular weight is 479 g/mol. The Morgan fingerprint density at radius 2 is 1.94 bits per heavy atom. The van der Waals surface area contributed by atoms with Gasteiger partial charge in [0.2, 0.25) is 5.90 Å². The summed E-state index contributed by atoms with van der Waals surface area (Å²) in [5.74, 6) is 0.0384. The highest BCUT2D eigenvalue weighted by atomic mass is 35.5. The predicted octanol–water partition coefficient (Wildman–Crippen LogP) is 5.82. The van der Waals surface area contributed by atoms with E-state index in [-0.39, 0.29) is 27.9 Å². The summed E-state index contributed by atoms with van der Waals surface area (Å²) in [6.07, 6.45) is 3.32. The van der Waals surface area contributed by atoms with Crippen molar-refractivity contribution in [2.24, 2.45) is 4.99 Å². The van der Waals surface area contributed by atoms with Gasteiger partial charge in [-0.1, -0.05) is 36.5 Å². The summed E-state index contributed by atoms with van der Waals surface area (Å²) >= 11 is 12.5. The lowest BCUT2D eigenvalue weighted by Crippen LogP contribution is -2.06. The van der Waals surface area contributed by atoms with E-state index < -0.39 is 10.9 Å². The summed E-state index contributed by atoms with van der Waals surface area (Å²) in [5, 5.41) is 11.5. The van der Waals surface area contributed by atoms with Gasteiger partial charge >= 0.3 is 5.97 Å². The van der Waals surface area contributed by atoms with Gasteiger partial charge in [0.15, 0.2) is 17.2 Å². The Bertz CT molecular complexity index is 1110. The number of hydrogen-bond donors (Lipinski definition) is 0. The maximum absolute atomic E-state index is 12.4. The number of benzene rings is 2. The molecule has 0 saturated heterocycles. The van der Waals surface area contributed by atoms with Crippen LogP contribution >= 0.6 is 23.2 Å². The number of esters is 1. The number of hydrogen-bond acceptors (Lipinski definition) is 7. The normalized spacial score (nSPS) is 14.3. The molecule has 0 amide bonds. The van der Waals surface area contributed by atoms with Gasteiger partial charge in [-0.2, -0.15) is 0 Å². The predicted molar refractivity (Wildman–Crippen MR) is 122 cm³/mol. The second-order valence-electron chi connectivity index (χ2n) is 6.72. The lowest BCUT2D eigenvalue weighted by Gasteiger charge is -2.14. The van der Waals surface area contributed by atoms with E-state index >= 15 is 0 Å². The van der Waals surface area contributed by atoms with Gasteiger partial charge in [0.05, 0.1) is 33.7 Å². The van der Waals surface area contributed by atoms with Crippen LogP contribution in [0.15, 0.2) is 41.0 Å². The van der Waals surface area contributed by atoms with Crippen LogP contribution in [0, 0.1) is 10.1 Å². The number of nitro groups is 1. The highest BCUT2D eigenvalue weighted by molar-refractivity contribution is 6.34. The molecule has 0 aromatic heterocycles. The minimum absolute atomic E-state index is 0.0132. The van der Waals surface area contributed by atoms with Crippen LogP contribution in [0.3, 0.4) is 0 Å². The van der Waals surface area contributed by atoms with Gasteiger partial charge in [0, 0.05) is 12.1 Å². The van der Waals surface area contributed by atoms with Crippen molar-refractivity contribution in [1.29, 1.82) is 0 Å². The van der Waals surface area contributed by atoms with E-state index in [1.807, 2.05) is 6.92 Å². The van der Waals surface area contributed by atoms with Crippen molar-refractivity contribution in [3.8, 4) is 11.5 Å². The lowest BCUT2D eigenvalue weighted by molar-refractivity contribution is -0.384. The molecular formula is C22H20Cl2N2O6. The Labute approximate surface area is 194 Å². The van der Waals surface area contributed by atoms with Crippen molar-refractivity contribution in [3.05, 3.63) is 67.3 Å². The summed E-state index contributed by atoms with van der Waals surface area (Å²) < 4.78 is 16.6. The second-order valence-corrected chi connectivity index (χ2v) is 7.54. The third-order valence-electron chi connectivity index (χ3n) is 4.39. The molecule has 0 fully saturated rings. The summed E-state index contributed by atoms with van der Waals surface area (Å²) in [7, 11) is 0. The number of cyclic esters (lactones) is 1. The van der Waals surface area contributed by atoms with Crippen LogP contribution in [0.2, 0.25) is 10.0 Å². The van der Waals surface area contributed by atoms with Gasteiger partial charge in [-0.3, -0.25) is 10.1 Å². The molecule has 10 heteroatoms. The molecule has 0 unspecified atom stereocenters. The molecule has 2 aromatic carbocycles. The third-order valence-corrected chi connectivity index (χ3v) is 5.00. The molecule has 3 rings (SSSR count). The fourth-order valence-electron chi connectivity index (χ4n) is 2.87. The van der Waals surface area contributed by atoms with Crippen LogP contribution in [0.25, 0.3) is 6.08 Å². The second kappa shape index (κ2) is 10.5. The molecule has 32 heavy (non-hydrogen) atoms. The molecule has 0 bridgehead atoms. The van der Waals surface area contributed by atoms with E-state index in [1.165, 1.54) is 24.3 Å². The first-order valence-electron chi connectivity index (χ1n) is 9.90. The number of ether oxygens (including phenoxy) is 3. The molecule has 0 spiro atoms. The molecular weight excluding hydrogens is 459 g/mol. The fourth-order valence-corrected chi connectivity index (χ4v) is 3.34. The Morgan fingerprint density at radius 3 is 2.62 bits per heavy atom. The highest BCUT2D eigenvalue weighted by Crippen LogP contribution is 2.38. The SMILES string of the molecule is CCCCOc1c(Cl)cc(/C=C2\N=C(c3cc([N+](=O)[O-])ccc3Cl)OC2=O)cc1OCC. The van der Waals surface area contributed by atoms with E-state index in [0.717, 1.165) is 12.8 Å². The van der Waals surface area contributed by atoms with Crippen LogP contribution in [0.5, 0.6) is 11.5 Å². The highest BCUT2D eigenvalue weighted by Gasteiger charge is 2.27. The van der Waals surface area contributed by atoms with Crippen molar-refractivity contribution >= 4 is 46.8 Å². The maximum Gasteiger partial charge on any atom is 0.363 e. The number of unbranched alkanes of at least 4 members (excludes halogenated alkanes) is 1. The zero-order chi connectivity index (χ0) is 23.3. The molecule has 2 aromatic rings. The molecule has 8 nitrogen and oxygen atoms in total. The number of nitrogens with zero attached hydrogens (tertiary/aromatic N) is 2. The van der Waals surface area contributed by atoms with Crippen LogP contribution in [-0.2, 0) is 9.53 Å². The first-order chi connectivity index (χ1) is 15.3. The van der Waals surface area contributed by atoms with Crippen LogP contribution < -0.4 is 9.47 Å². The lowest BCUT2D eigenvalue weighted by atomic mass is 10.1. The standard InChI is InChI=1S/C22H20Cl2N2O6/c1-3-5-8-31-20-17(24)9-13(11-19(20)30-4-2)10-18-22(27)32-21(25-18)15-12-14(26(28)29)6-7-16(15)23/h6-7,9-12H,3-5,8H2,1-2H3/b18-10-. The van der Waals surface area contributed by atoms with E-state index in [1.54, 1.807) is 12.1 Å². The van der Waals surface area contributed by atoms with Gasteiger partial charge in [-0.25, -0.2) is 9.79 Å². The summed E-state index contributed by atoms with van der Waals surface area (Å²) in [6, 6.07) is 7.11. The largest absolute Gasteiger partial charge is 0.490 e. The summed E-state index contributed by atoms with van der Waals surface area (Å²) in [5.41, 5.74) is 0.474. The Morgan fingerprint density at radius 1 is 1.16 bits per heavy atom. The van der Waals surface area contributed by atoms with Crippen LogP contribution in [0.4, 0.5) is 5.69 Å². The van der Waals surface area contributed by atoms with Gasteiger partial charge in [-0.15, -0.1) is 0 Å². The van der Waals surface area contributed by atoms with Crippen molar-refractivity contribution in [2.75, 3.05) is 13.2 Å². The van der Waals surface area contributed by atoms with Crippen molar-refractivity contribution in [3.63, 3.8) is 0 Å². The van der Waals surface area contributed by atoms with Crippen molar-refractivity contribution in [1.82, 2.24) is 0 Å². The summed E-state index contributed by atoms with van der Waals surface area (Å²) in [4.78, 5) is 27.0. The van der Waals surface area contributed by atoms with Crippen molar-refractivity contribution in [2.45, 2.75) is 26.7 Å². The van der Waals surface area contributed by atoms with E-state index in [2.05, 4.69) is 11.9 Å². The van der Waals surface area contributed by atoms with E-state index in [9.17, 15) is 14.9 Å². The zero-order valence-electron chi connectivity index (χ0n) is 17.4. The molecule has 1 aliphatic heterocycles. The number of nitro benzene ring substituents is 1. The first-order valence-corrected chi connectivity index (χ1v) is 10.7. The topological polar surface area (TPSA) is 100 Å². The quantitative estimate of drug-likeness (QED) is 0.148. The van der Waals surface area contributed by atoms with Gasteiger partial charge in [0.25, 0.3) is 5.69 Å². The minimum Gasteiger partial charge on any atom is -0.490 e. The molecule has 0 atom stereocenters. The first kappa shape index (κ1) is 23.6. The molecule has 1 heterocycles. The van der Waals surface area contributed by atoms with E-state index in [4.69, 9.17) is 37.4 Å². The van der Waals surface area contributed by atoms with Crippen LogP contribution in [-0.4, -0.2) is 30.0 Å². The monoisotopic (exact) mass is 478 g/mol. The Kier molecular flexibility index (Phi) is 7.71. The number of carbonyl (C=O) groups is 1. The number of rotatable bonds is 9. The number of non-ortho nitro benzene ring substituents is 1. The van der Waals surface area contributed by atoms with Gasteiger partial charge in [-0.05, 0) is 43.2 Å². The Hall–Kier alpha value is -3.10. The zero-order valence-corrected chi connectivity index (χ0v) is 18.9. The minimum atomic E-state index is -0.722. The molecule has 0 saturated carbocycles. The molecule has 0 N–H and O–H groups in total. The fraction of sp³-hybridized carbons (Fsp3) is 0.273. The van der Waals surface area contributed by atoms with Gasteiger partial charge in [0.1, 0.15) is 0 Å². The molecule has 0 aliphatic carbocycles.